The van der Waals surface area contributed by atoms with Crippen molar-refractivity contribution in [3.63, 3.8) is 0 Å². The third-order valence-electron chi connectivity index (χ3n) is 5.25. The van der Waals surface area contributed by atoms with Gasteiger partial charge in [0, 0.05) is 11.0 Å². The van der Waals surface area contributed by atoms with Crippen LogP contribution >= 0.6 is 11.3 Å². The molecule has 0 radical (unpaired) electrons. The van der Waals surface area contributed by atoms with Crippen molar-refractivity contribution in [2.45, 2.75) is 40.0 Å². The molecule has 1 atom stereocenters. The Balaban J connectivity index is 1.81. The zero-order valence-corrected chi connectivity index (χ0v) is 17.2. The molecule has 3 N–H and O–H groups in total. The first-order chi connectivity index (χ1) is 13.1. The van der Waals surface area contributed by atoms with Gasteiger partial charge in [-0.15, -0.1) is 11.3 Å². The second-order valence-electron chi connectivity index (χ2n) is 8.26. The number of halogens is 1. The lowest BCUT2D eigenvalue weighted by Gasteiger charge is -2.33. The van der Waals surface area contributed by atoms with Crippen LogP contribution in [0.2, 0.25) is 0 Å². The third-order valence-corrected chi connectivity index (χ3v) is 6.42. The molecule has 0 saturated heterocycles. The van der Waals surface area contributed by atoms with E-state index in [1.165, 1.54) is 35.6 Å². The smallest absolute Gasteiger partial charge is 0.251 e. The number of amides is 2. The molecule has 28 heavy (non-hydrogen) atoms. The van der Waals surface area contributed by atoms with Crippen LogP contribution < -0.4 is 11.1 Å². The number of hydrogen-bond donors (Lipinski definition) is 2. The van der Waals surface area contributed by atoms with Gasteiger partial charge >= 0.3 is 0 Å². The molecular formula is C22H25FN2O2S. The van der Waals surface area contributed by atoms with E-state index < -0.39 is 5.91 Å². The number of rotatable bonds is 4. The minimum atomic E-state index is -0.517. The van der Waals surface area contributed by atoms with Gasteiger partial charge in [-0.2, -0.15) is 0 Å². The Hall–Kier alpha value is -2.47. The molecule has 0 aliphatic heterocycles. The maximum atomic E-state index is 13.2. The first-order valence-electron chi connectivity index (χ1n) is 9.34. The van der Waals surface area contributed by atoms with E-state index in [0.717, 1.165) is 29.7 Å². The fourth-order valence-corrected chi connectivity index (χ4v) is 4.95. The second kappa shape index (κ2) is 7.87. The predicted molar refractivity (Wildman–Crippen MR) is 112 cm³/mol. The number of primary amides is 1. The number of hydrogen-bond acceptors (Lipinski definition) is 3. The van der Waals surface area contributed by atoms with E-state index in [0.29, 0.717) is 22.0 Å². The highest BCUT2D eigenvalue weighted by Gasteiger charge is 2.33. The molecule has 1 aromatic heterocycles. The molecule has 0 saturated carbocycles. The van der Waals surface area contributed by atoms with Gasteiger partial charge in [0.05, 0.1) is 5.56 Å². The minimum Gasteiger partial charge on any atom is -0.365 e. The third kappa shape index (κ3) is 4.50. The SMILES string of the molecule is CC(C)(C)C1CCc2c(sc(NC(=O)/C=C/c3cccc(F)c3)c2C(N)=O)C1. The van der Waals surface area contributed by atoms with Gasteiger partial charge < -0.3 is 11.1 Å². The summed E-state index contributed by atoms with van der Waals surface area (Å²) in [7, 11) is 0. The van der Waals surface area contributed by atoms with Crippen molar-refractivity contribution in [2.24, 2.45) is 17.1 Å². The quantitative estimate of drug-likeness (QED) is 0.725. The first-order valence-corrected chi connectivity index (χ1v) is 10.2. The predicted octanol–water partition coefficient (Wildman–Crippen LogP) is 4.79. The lowest BCUT2D eigenvalue weighted by molar-refractivity contribution is -0.111. The van der Waals surface area contributed by atoms with Gasteiger partial charge in [0.1, 0.15) is 10.8 Å². The van der Waals surface area contributed by atoms with Crippen molar-refractivity contribution in [2.75, 3.05) is 5.32 Å². The van der Waals surface area contributed by atoms with Crippen molar-refractivity contribution < 1.29 is 14.0 Å². The average Bonchev–Trinajstić information content (AvgIpc) is 2.96. The molecule has 1 heterocycles. The van der Waals surface area contributed by atoms with Crippen LogP contribution in [-0.4, -0.2) is 11.8 Å². The van der Waals surface area contributed by atoms with Crippen LogP contribution in [0.25, 0.3) is 6.08 Å². The summed E-state index contributed by atoms with van der Waals surface area (Å²) in [6.07, 6.45) is 5.54. The minimum absolute atomic E-state index is 0.186. The van der Waals surface area contributed by atoms with E-state index in [9.17, 15) is 14.0 Å². The summed E-state index contributed by atoms with van der Waals surface area (Å²) in [5.41, 5.74) is 7.80. The van der Waals surface area contributed by atoms with Gasteiger partial charge in [-0.3, -0.25) is 9.59 Å². The Kier molecular flexibility index (Phi) is 5.70. The lowest BCUT2D eigenvalue weighted by atomic mass is 9.72. The van der Waals surface area contributed by atoms with Crippen LogP contribution in [0.4, 0.5) is 9.39 Å². The molecule has 2 aromatic rings. The molecule has 1 aromatic carbocycles. The van der Waals surface area contributed by atoms with E-state index >= 15 is 0 Å². The Bertz CT molecular complexity index is 940. The fraction of sp³-hybridized carbons (Fsp3) is 0.364. The van der Waals surface area contributed by atoms with Gasteiger partial charge in [-0.1, -0.05) is 32.9 Å². The Morgan fingerprint density at radius 3 is 2.71 bits per heavy atom. The number of carbonyl (C=O) groups is 2. The van der Waals surface area contributed by atoms with Gasteiger partial charge in [-0.25, -0.2) is 4.39 Å². The van der Waals surface area contributed by atoms with Crippen LogP contribution in [0, 0.1) is 17.2 Å². The van der Waals surface area contributed by atoms with Gasteiger partial charge in [0.2, 0.25) is 5.91 Å². The number of thiophene rings is 1. The van der Waals surface area contributed by atoms with E-state index in [-0.39, 0.29) is 17.1 Å². The largest absolute Gasteiger partial charge is 0.365 e. The molecule has 4 nitrogen and oxygen atoms in total. The van der Waals surface area contributed by atoms with Crippen LogP contribution in [0.15, 0.2) is 30.3 Å². The van der Waals surface area contributed by atoms with Crippen LogP contribution in [-0.2, 0) is 17.6 Å². The summed E-state index contributed by atoms with van der Waals surface area (Å²) in [4.78, 5) is 25.5. The molecule has 0 fully saturated rings. The molecule has 0 spiro atoms. The lowest BCUT2D eigenvalue weighted by Crippen LogP contribution is -2.27. The van der Waals surface area contributed by atoms with E-state index in [4.69, 9.17) is 5.73 Å². The molecule has 6 heteroatoms. The van der Waals surface area contributed by atoms with Gasteiger partial charge in [0.15, 0.2) is 0 Å². The highest BCUT2D eigenvalue weighted by atomic mass is 32.1. The van der Waals surface area contributed by atoms with Gasteiger partial charge in [0.25, 0.3) is 5.91 Å². The van der Waals surface area contributed by atoms with Crippen molar-refractivity contribution >= 4 is 34.2 Å². The molecule has 3 rings (SSSR count). The Morgan fingerprint density at radius 1 is 1.32 bits per heavy atom. The van der Waals surface area contributed by atoms with Crippen LogP contribution in [0.3, 0.4) is 0 Å². The molecule has 1 unspecified atom stereocenters. The topological polar surface area (TPSA) is 72.2 Å². The second-order valence-corrected chi connectivity index (χ2v) is 9.36. The molecule has 1 aliphatic carbocycles. The number of anilines is 1. The first kappa shape index (κ1) is 20.3. The molecule has 1 aliphatic rings. The monoisotopic (exact) mass is 400 g/mol. The number of fused-ring (bicyclic) bond motifs is 1. The van der Waals surface area contributed by atoms with E-state index in [2.05, 4.69) is 26.1 Å². The fourth-order valence-electron chi connectivity index (χ4n) is 3.61. The summed E-state index contributed by atoms with van der Waals surface area (Å²) >= 11 is 1.44. The Labute approximate surface area is 168 Å². The summed E-state index contributed by atoms with van der Waals surface area (Å²) in [5, 5.41) is 3.29. The van der Waals surface area contributed by atoms with E-state index in [1.54, 1.807) is 12.1 Å². The van der Waals surface area contributed by atoms with E-state index in [1.807, 2.05) is 0 Å². The average molecular weight is 401 g/mol. The molecule has 0 bridgehead atoms. The molecular weight excluding hydrogens is 375 g/mol. The number of nitrogens with one attached hydrogen (secondary N) is 1. The van der Waals surface area contributed by atoms with Gasteiger partial charge in [-0.05, 0) is 59.9 Å². The summed E-state index contributed by atoms with van der Waals surface area (Å²) in [5.74, 6) is -0.734. The van der Waals surface area contributed by atoms with Crippen molar-refractivity contribution in [1.82, 2.24) is 0 Å². The number of carbonyl (C=O) groups excluding carboxylic acids is 2. The van der Waals surface area contributed by atoms with Crippen molar-refractivity contribution in [3.05, 3.63) is 57.7 Å². The zero-order valence-electron chi connectivity index (χ0n) is 16.3. The highest BCUT2D eigenvalue weighted by Crippen LogP contribution is 2.44. The van der Waals surface area contributed by atoms with Crippen molar-refractivity contribution in [1.29, 1.82) is 0 Å². The standard InChI is InChI=1S/C22H25FN2O2S/c1-22(2,3)14-8-9-16-17(12-14)28-21(19(16)20(24)27)25-18(26)10-7-13-5-4-6-15(23)11-13/h4-7,10-11,14H,8-9,12H2,1-3H3,(H2,24,27)(H,25,26)/b10-7+. The normalized spacial score (nSPS) is 16.8. The highest BCUT2D eigenvalue weighted by molar-refractivity contribution is 7.17. The maximum absolute atomic E-state index is 13.2. The summed E-state index contributed by atoms with van der Waals surface area (Å²) in [6.45, 7) is 6.68. The summed E-state index contributed by atoms with van der Waals surface area (Å²) < 4.78 is 13.2. The number of benzene rings is 1. The molecule has 2 amide bonds. The maximum Gasteiger partial charge on any atom is 0.251 e. The van der Waals surface area contributed by atoms with Crippen molar-refractivity contribution in [3.8, 4) is 0 Å². The summed E-state index contributed by atoms with van der Waals surface area (Å²) in [6, 6.07) is 5.97. The number of nitrogens with two attached hydrogens (primary N) is 1. The van der Waals surface area contributed by atoms with Crippen LogP contribution in [0.1, 0.15) is 53.6 Å². The molecule has 148 valence electrons. The van der Waals surface area contributed by atoms with Crippen LogP contribution in [0.5, 0.6) is 0 Å². The Morgan fingerprint density at radius 2 is 2.07 bits per heavy atom. The zero-order chi connectivity index (χ0) is 20.5.